The summed E-state index contributed by atoms with van der Waals surface area (Å²) in [5.41, 5.74) is 1.98. The van der Waals surface area contributed by atoms with Crippen molar-refractivity contribution in [2.45, 2.75) is 76.0 Å². The zero-order valence-corrected chi connectivity index (χ0v) is 20.2. The zero-order valence-electron chi connectivity index (χ0n) is 20.2. The number of fused-ring (bicyclic) bond motifs is 1. The van der Waals surface area contributed by atoms with Crippen molar-refractivity contribution in [1.82, 2.24) is 9.80 Å². The second kappa shape index (κ2) is 10.5. The molecule has 1 saturated carbocycles. The highest BCUT2D eigenvalue weighted by molar-refractivity contribution is 6.14. The summed E-state index contributed by atoms with van der Waals surface area (Å²) in [7, 11) is 1.26. The first-order valence-corrected chi connectivity index (χ1v) is 12.3. The Kier molecular flexibility index (Phi) is 7.56. The number of hydrogen-bond donors (Lipinski definition) is 0. The van der Waals surface area contributed by atoms with Gasteiger partial charge in [-0.05, 0) is 55.4 Å². The summed E-state index contributed by atoms with van der Waals surface area (Å²) < 4.78 is 43.5. The van der Waals surface area contributed by atoms with E-state index in [0.29, 0.717) is 5.69 Å². The first-order valence-electron chi connectivity index (χ1n) is 12.3. The number of rotatable bonds is 5. The van der Waals surface area contributed by atoms with Gasteiger partial charge in [0.25, 0.3) is 5.91 Å². The minimum atomic E-state index is -4.93. The molecule has 1 aromatic rings. The molecule has 1 atom stereocenters. The van der Waals surface area contributed by atoms with Gasteiger partial charge in [0.2, 0.25) is 0 Å². The van der Waals surface area contributed by atoms with Crippen LogP contribution in [0.4, 0.5) is 23.7 Å². The Labute approximate surface area is 207 Å². The van der Waals surface area contributed by atoms with E-state index in [2.05, 4.69) is 0 Å². The summed E-state index contributed by atoms with van der Waals surface area (Å²) in [5.74, 6) is -2.68. The number of carbonyl (C=O) groups excluding carboxylic acids is 4. The molecular formula is C25H30F3N3O5. The van der Waals surface area contributed by atoms with Crippen LogP contribution in [0.1, 0.15) is 56.1 Å². The highest BCUT2D eigenvalue weighted by Crippen LogP contribution is 2.35. The van der Waals surface area contributed by atoms with Crippen molar-refractivity contribution in [1.29, 1.82) is 0 Å². The van der Waals surface area contributed by atoms with Crippen molar-refractivity contribution in [2.24, 2.45) is 0 Å². The van der Waals surface area contributed by atoms with Gasteiger partial charge in [-0.2, -0.15) is 13.2 Å². The lowest BCUT2D eigenvalue weighted by Crippen LogP contribution is -2.42. The fraction of sp³-hybridized carbons (Fsp3) is 0.600. The van der Waals surface area contributed by atoms with Crippen LogP contribution >= 0.6 is 0 Å². The molecule has 196 valence electrons. The molecule has 4 amide bonds. The molecule has 0 radical (unpaired) electrons. The van der Waals surface area contributed by atoms with Gasteiger partial charge in [-0.15, -0.1) is 0 Å². The van der Waals surface area contributed by atoms with Crippen molar-refractivity contribution < 1.29 is 37.1 Å². The Morgan fingerprint density at radius 1 is 1.00 bits per heavy atom. The van der Waals surface area contributed by atoms with E-state index in [-0.39, 0.29) is 50.7 Å². The van der Waals surface area contributed by atoms with Gasteiger partial charge in [0.1, 0.15) is 6.04 Å². The molecule has 0 spiro atoms. The Hall–Kier alpha value is -3.11. The smallest absolute Gasteiger partial charge is 0.469 e. The Morgan fingerprint density at radius 3 is 2.31 bits per heavy atom. The van der Waals surface area contributed by atoms with Crippen LogP contribution in [0.15, 0.2) is 18.2 Å². The van der Waals surface area contributed by atoms with Crippen LogP contribution in [0.5, 0.6) is 0 Å². The molecule has 1 aliphatic carbocycles. The number of amides is 4. The fourth-order valence-corrected chi connectivity index (χ4v) is 5.43. The molecule has 4 rings (SSSR count). The van der Waals surface area contributed by atoms with E-state index < -0.39 is 30.1 Å². The summed E-state index contributed by atoms with van der Waals surface area (Å²) in [4.78, 5) is 54.1. The number of ether oxygens (including phenoxy) is 1. The second-order valence-electron chi connectivity index (χ2n) is 9.53. The standard InChI is InChI=1S/C25H30F3N3O5/c1-36-21(32)10-9-20-22(33)31(18-5-3-2-4-6-18)24(35)30(20)19-8-7-16-11-13-29(14-12-17(16)15-19)23(34)25(26,27)28/h7-8,15,18,20H,2-6,9-14H2,1H3. The van der Waals surface area contributed by atoms with E-state index in [9.17, 15) is 32.3 Å². The number of halogens is 3. The number of esters is 1. The minimum Gasteiger partial charge on any atom is -0.469 e. The number of urea groups is 1. The summed E-state index contributed by atoms with van der Waals surface area (Å²) in [6, 6.07) is 3.64. The van der Waals surface area contributed by atoms with Crippen molar-refractivity contribution in [3.05, 3.63) is 29.3 Å². The summed E-state index contributed by atoms with van der Waals surface area (Å²) in [6.07, 6.45) is -0.0174. The number of benzene rings is 1. The second-order valence-corrected chi connectivity index (χ2v) is 9.53. The van der Waals surface area contributed by atoms with E-state index >= 15 is 0 Å². The zero-order chi connectivity index (χ0) is 26.0. The third-order valence-electron chi connectivity index (χ3n) is 7.34. The van der Waals surface area contributed by atoms with Gasteiger partial charge in [0, 0.05) is 31.2 Å². The monoisotopic (exact) mass is 509 g/mol. The van der Waals surface area contributed by atoms with Gasteiger partial charge >= 0.3 is 24.1 Å². The average Bonchev–Trinajstić information content (AvgIpc) is 2.98. The van der Waals surface area contributed by atoms with Crippen molar-refractivity contribution in [2.75, 3.05) is 25.1 Å². The van der Waals surface area contributed by atoms with Crippen molar-refractivity contribution >= 4 is 29.5 Å². The third-order valence-corrected chi connectivity index (χ3v) is 7.34. The van der Waals surface area contributed by atoms with Crippen LogP contribution in [-0.4, -0.2) is 72.1 Å². The molecule has 8 nitrogen and oxygen atoms in total. The largest absolute Gasteiger partial charge is 0.471 e. The van der Waals surface area contributed by atoms with Gasteiger partial charge in [0.05, 0.1) is 7.11 Å². The van der Waals surface area contributed by atoms with Gasteiger partial charge < -0.3 is 9.64 Å². The molecule has 1 aromatic carbocycles. The molecule has 2 heterocycles. The van der Waals surface area contributed by atoms with E-state index in [1.807, 2.05) is 0 Å². The molecular weight excluding hydrogens is 479 g/mol. The number of hydrogen-bond acceptors (Lipinski definition) is 5. The molecule has 0 bridgehead atoms. The van der Waals surface area contributed by atoms with Crippen LogP contribution in [0.25, 0.3) is 0 Å². The lowest BCUT2D eigenvalue weighted by molar-refractivity contribution is -0.185. The first kappa shape index (κ1) is 26.0. The fourth-order valence-electron chi connectivity index (χ4n) is 5.43. The van der Waals surface area contributed by atoms with Crippen LogP contribution in [0.3, 0.4) is 0 Å². The van der Waals surface area contributed by atoms with Crippen LogP contribution in [-0.2, 0) is 32.0 Å². The molecule has 0 aromatic heterocycles. The normalized spacial score (nSPS) is 21.4. The van der Waals surface area contributed by atoms with E-state index in [1.165, 1.54) is 16.9 Å². The van der Waals surface area contributed by atoms with Crippen LogP contribution in [0, 0.1) is 0 Å². The predicted molar refractivity (Wildman–Crippen MR) is 123 cm³/mol. The maximum atomic E-state index is 13.6. The molecule has 0 N–H and O–H groups in total. The predicted octanol–water partition coefficient (Wildman–Crippen LogP) is 3.60. The van der Waals surface area contributed by atoms with Gasteiger partial charge in [0.15, 0.2) is 0 Å². The quantitative estimate of drug-likeness (QED) is 0.447. The molecule has 2 fully saturated rings. The SMILES string of the molecule is COC(=O)CCC1C(=O)N(C2CCCCC2)C(=O)N1c1ccc2c(c1)CCN(C(=O)C(F)(F)F)CC2. The molecule has 2 aliphatic heterocycles. The van der Waals surface area contributed by atoms with Crippen LogP contribution in [0.2, 0.25) is 0 Å². The maximum Gasteiger partial charge on any atom is 0.471 e. The third kappa shape index (κ3) is 5.19. The number of nitrogens with zero attached hydrogens (tertiary/aromatic N) is 3. The van der Waals surface area contributed by atoms with Gasteiger partial charge in [-0.3, -0.25) is 24.2 Å². The molecule has 11 heteroatoms. The number of anilines is 1. The van der Waals surface area contributed by atoms with Crippen molar-refractivity contribution in [3.63, 3.8) is 0 Å². The lowest BCUT2D eigenvalue weighted by Gasteiger charge is -2.29. The average molecular weight is 510 g/mol. The maximum absolute atomic E-state index is 13.6. The minimum absolute atomic E-state index is 0.0331. The number of alkyl halides is 3. The Morgan fingerprint density at radius 2 is 1.67 bits per heavy atom. The van der Waals surface area contributed by atoms with E-state index in [0.717, 1.165) is 48.1 Å². The Balaban J connectivity index is 1.60. The van der Waals surface area contributed by atoms with Crippen LogP contribution < -0.4 is 4.90 Å². The molecule has 36 heavy (non-hydrogen) atoms. The number of carbonyl (C=O) groups is 4. The highest BCUT2D eigenvalue weighted by atomic mass is 19.4. The molecule has 3 aliphatic rings. The van der Waals surface area contributed by atoms with Gasteiger partial charge in [-0.1, -0.05) is 25.3 Å². The first-order chi connectivity index (χ1) is 17.1. The molecule has 1 saturated heterocycles. The highest BCUT2D eigenvalue weighted by Gasteiger charge is 2.49. The molecule has 1 unspecified atom stereocenters. The van der Waals surface area contributed by atoms with E-state index in [1.54, 1.807) is 18.2 Å². The Bertz CT molecular complexity index is 1040. The van der Waals surface area contributed by atoms with Gasteiger partial charge in [-0.25, -0.2) is 4.79 Å². The summed E-state index contributed by atoms with van der Waals surface area (Å²) in [5, 5.41) is 0. The summed E-state index contributed by atoms with van der Waals surface area (Å²) >= 11 is 0. The topological polar surface area (TPSA) is 87.2 Å². The number of methoxy groups -OCH3 is 1. The lowest BCUT2D eigenvalue weighted by atomic mass is 9.94. The van der Waals surface area contributed by atoms with Crippen molar-refractivity contribution in [3.8, 4) is 0 Å². The van der Waals surface area contributed by atoms with E-state index in [4.69, 9.17) is 4.74 Å². The summed E-state index contributed by atoms with van der Waals surface area (Å²) in [6.45, 7) is -0.148. The number of imide groups is 1.